The molecule has 6 heteroatoms. The van der Waals surface area contributed by atoms with Gasteiger partial charge in [-0.05, 0) is 44.2 Å². The Bertz CT molecular complexity index is 877. The number of hydrogen-bond acceptors (Lipinski definition) is 4. The third-order valence-electron chi connectivity index (χ3n) is 5.36. The number of rotatable bonds is 7. The SMILES string of the molecule is C[C@H](c1ccc(-n2cncn2)cc1)N(C)CC(=O)N(C)[C@@H](C)c1ccccc1. The highest BCUT2D eigenvalue weighted by molar-refractivity contribution is 5.78. The van der Waals surface area contributed by atoms with Gasteiger partial charge in [-0.2, -0.15) is 5.10 Å². The van der Waals surface area contributed by atoms with E-state index in [9.17, 15) is 4.79 Å². The Hall–Kier alpha value is -2.99. The van der Waals surface area contributed by atoms with Gasteiger partial charge in [-0.25, -0.2) is 9.67 Å². The summed E-state index contributed by atoms with van der Waals surface area (Å²) < 4.78 is 1.72. The fraction of sp³-hybridized carbons (Fsp3) is 0.318. The predicted molar refractivity (Wildman–Crippen MR) is 110 cm³/mol. The Morgan fingerprint density at radius 1 is 0.964 bits per heavy atom. The molecule has 0 saturated heterocycles. The maximum Gasteiger partial charge on any atom is 0.237 e. The van der Waals surface area contributed by atoms with Crippen LogP contribution in [0, 0.1) is 0 Å². The van der Waals surface area contributed by atoms with Gasteiger partial charge < -0.3 is 4.90 Å². The van der Waals surface area contributed by atoms with Crippen molar-refractivity contribution >= 4 is 5.91 Å². The predicted octanol–water partition coefficient (Wildman–Crippen LogP) is 3.48. The van der Waals surface area contributed by atoms with Gasteiger partial charge >= 0.3 is 0 Å². The Kier molecular flexibility index (Phi) is 6.21. The molecule has 0 saturated carbocycles. The summed E-state index contributed by atoms with van der Waals surface area (Å²) in [5, 5.41) is 4.14. The lowest BCUT2D eigenvalue weighted by molar-refractivity contribution is -0.133. The molecule has 0 fully saturated rings. The van der Waals surface area contributed by atoms with Crippen LogP contribution in [0.5, 0.6) is 0 Å². The number of carbonyl (C=O) groups is 1. The van der Waals surface area contributed by atoms with E-state index < -0.39 is 0 Å². The van der Waals surface area contributed by atoms with Crippen molar-refractivity contribution in [1.82, 2.24) is 24.6 Å². The van der Waals surface area contributed by atoms with Crippen molar-refractivity contribution in [3.8, 4) is 5.69 Å². The quantitative estimate of drug-likeness (QED) is 0.633. The van der Waals surface area contributed by atoms with E-state index in [1.807, 2.05) is 49.3 Å². The highest BCUT2D eigenvalue weighted by Crippen LogP contribution is 2.22. The molecule has 0 radical (unpaired) electrons. The van der Waals surface area contributed by atoms with Crippen molar-refractivity contribution in [3.63, 3.8) is 0 Å². The molecule has 2 atom stereocenters. The lowest BCUT2D eigenvalue weighted by Crippen LogP contribution is -2.38. The van der Waals surface area contributed by atoms with Gasteiger partial charge in [0.15, 0.2) is 0 Å². The summed E-state index contributed by atoms with van der Waals surface area (Å²) in [5.41, 5.74) is 3.25. The van der Waals surface area contributed by atoms with Crippen molar-refractivity contribution in [3.05, 3.63) is 78.4 Å². The van der Waals surface area contributed by atoms with Crippen molar-refractivity contribution in [2.45, 2.75) is 25.9 Å². The lowest BCUT2D eigenvalue weighted by Gasteiger charge is -2.30. The van der Waals surface area contributed by atoms with E-state index in [1.54, 1.807) is 11.0 Å². The minimum absolute atomic E-state index is 0.0411. The molecule has 0 spiro atoms. The third-order valence-corrected chi connectivity index (χ3v) is 5.36. The minimum Gasteiger partial charge on any atom is -0.338 e. The topological polar surface area (TPSA) is 54.3 Å². The first kappa shape index (κ1) is 19.8. The number of carbonyl (C=O) groups excluding carboxylic acids is 1. The first-order valence-electron chi connectivity index (χ1n) is 9.43. The number of amides is 1. The van der Waals surface area contributed by atoms with Gasteiger partial charge in [0.05, 0.1) is 18.3 Å². The van der Waals surface area contributed by atoms with Crippen LogP contribution in [0.1, 0.15) is 37.1 Å². The molecule has 1 heterocycles. The highest BCUT2D eigenvalue weighted by atomic mass is 16.2. The molecule has 0 aliphatic carbocycles. The lowest BCUT2D eigenvalue weighted by atomic mass is 10.1. The maximum atomic E-state index is 12.8. The van der Waals surface area contributed by atoms with E-state index in [0.717, 1.165) is 16.8 Å². The molecular weight excluding hydrogens is 350 g/mol. The molecule has 1 amide bonds. The maximum absolute atomic E-state index is 12.8. The van der Waals surface area contributed by atoms with Crippen LogP contribution >= 0.6 is 0 Å². The van der Waals surface area contributed by atoms with E-state index in [0.29, 0.717) is 6.54 Å². The minimum atomic E-state index is 0.0411. The largest absolute Gasteiger partial charge is 0.338 e. The Morgan fingerprint density at radius 3 is 2.21 bits per heavy atom. The second kappa shape index (κ2) is 8.80. The van der Waals surface area contributed by atoms with Gasteiger partial charge in [0.2, 0.25) is 5.91 Å². The fourth-order valence-corrected chi connectivity index (χ4v) is 3.13. The van der Waals surface area contributed by atoms with Crippen LogP contribution in [0.3, 0.4) is 0 Å². The van der Waals surface area contributed by atoms with E-state index in [-0.39, 0.29) is 18.0 Å². The molecular formula is C22H27N5O. The van der Waals surface area contributed by atoms with Gasteiger partial charge in [0.25, 0.3) is 0 Å². The zero-order valence-corrected chi connectivity index (χ0v) is 16.9. The van der Waals surface area contributed by atoms with Gasteiger partial charge in [0.1, 0.15) is 12.7 Å². The molecule has 3 aromatic rings. The Labute approximate surface area is 166 Å². The first-order valence-corrected chi connectivity index (χ1v) is 9.43. The molecule has 0 unspecified atom stereocenters. The average Bonchev–Trinajstić information content (AvgIpc) is 3.27. The van der Waals surface area contributed by atoms with E-state index in [4.69, 9.17) is 0 Å². The van der Waals surface area contributed by atoms with Gasteiger partial charge in [-0.15, -0.1) is 0 Å². The smallest absolute Gasteiger partial charge is 0.237 e. The number of nitrogens with zero attached hydrogens (tertiary/aromatic N) is 5. The van der Waals surface area contributed by atoms with E-state index in [1.165, 1.54) is 6.33 Å². The summed E-state index contributed by atoms with van der Waals surface area (Å²) in [6, 6.07) is 18.4. The van der Waals surface area contributed by atoms with Crippen LogP contribution in [0.25, 0.3) is 5.69 Å². The molecule has 2 aromatic carbocycles. The summed E-state index contributed by atoms with van der Waals surface area (Å²) in [7, 11) is 3.85. The summed E-state index contributed by atoms with van der Waals surface area (Å²) in [6.45, 7) is 4.53. The zero-order chi connectivity index (χ0) is 20.1. The molecule has 0 N–H and O–H groups in total. The van der Waals surface area contributed by atoms with Crippen molar-refractivity contribution < 1.29 is 4.79 Å². The standard InChI is InChI=1S/C22H27N5O/c1-17(20-10-12-21(13-11-20)27-16-23-15-24-27)25(3)14-22(28)26(4)18(2)19-8-6-5-7-9-19/h5-13,15-18H,14H2,1-4H3/t17-,18+/m1/s1. The van der Waals surface area contributed by atoms with E-state index in [2.05, 4.69) is 53.1 Å². The summed E-state index contributed by atoms with van der Waals surface area (Å²) >= 11 is 0. The summed E-state index contributed by atoms with van der Waals surface area (Å²) in [4.78, 5) is 20.6. The highest BCUT2D eigenvalue weighted by Gasteiger charge is 2.21. The fourth-order valence-electron chi connectivity index (χ4n) is 3.13. The second-order valence-electron chi connectivity index (χ2n) is 7.11. The zero-order valence-electron chi connectivity index (χ0n) is 16.9. The Balaban J connectivity index is 1.61. The monoisotopic (exact) mass is 377 g/mol. The summed E-state index contributed by atoms with van der Waals surface area (Å²) in [6.07, 6.45) is 3.19. The van der Waals surface area contributed by atoms with E-state index >= 15 is 0 Å². The van der Waals surface area contributed by atoms with Gasteiger partial charge in [-0.1, -0.05) is 42.5 Å². The molecule has 146 valence electrons. The van der Waals surface area contributed by atoms with Crippen LogP contribution in [0.2, 0.25) is 0 Å². The van der Waals surface area contributed by atoms with Crippen molar-refractivity contribution in [2.75, 3.05) is 20.6 Å². The van der Waals surface area contributed by atoms with Crippen LogP contribution in [-0.2, 0) is 4.79 Å². The average molecular weight is 377 g/mol. The Morgan fingerprint density at radius 2 is 1.61 bits per heavy atom. The van der Waals surface area contributed by atoms with Crippen molar-refractivity contribution in [2.24, 2.45) is 0 Å². The summed E-state index contributed by atoms with van der Waals surface area (Å²) in [5.74, 6) is 0.102. The molecule has 28 heavy (non-hydrogen) atoms. The third kappa shape index (κ3) is 4.46. The van der Waals surface area contributed by atoms with Crippen LogP contribution in [0.15, 0.2) is 67.3 Å². The molecule has 1 aromatic heterocycles. The van der Waals surface area contributed by atoms with Crippen LogP contribution in [-0.4, -0.2) is 51.1 Å². The number of aromatic nitrogens is 3. The first-order chi connectivity index (χ1) is 13.5. The molecule has 0 bridgehead atoms. The second-order valence-corrected chi connectivity index (χ2v) is 7.11. The van der Waals surface area contributed by atoms with Crippen molar-refractivity contribution in [1.29, 1.82) is 0 Å². The number of likely N-dealkylation sites (N-methyl/N-ethyl adjacent to an activating group) is 2. The normalized spacial score (nSPS) is 13.3. The molecule has 0 aliphatic heterocycles. The number of benzene rings is 2. The molecule has 3 rings (SSSR count). The van der Waals surface area contributed by atoms with Crippen LogP contribution in [0.4, 0.5) is 0 Å². The van der Waals surface area contributed by atoms with Crippen LogP contribution < -0.4 is 0 Å². The van der Waals surface area contributed by atoms with Gasteiger partial charge in [-0.3, -0.25) is 9.69 Å². The number of hydrogen-bond donors (Lipinski definition) is 0. The molecule has 0 aliphatic rings. The van der Waals surface area contributed by atoms with Gasteiger partial charge in [0, 0.05) is 13.1 Å². The molecule has 6 nitrogen and oxygen atoms in total.